The maximum atomic E-state index is 12.6. The van der Waals surface area contributed by atoms with Gasteiger partial charge in [0.25, 0.3) is 5.91 Å². The van der Waals surface area contributed by atoms with Crippen LogP contribution in [0, 0.1) is 0 Å². The van der Waals surface area contributed by atoms with Gasteiger partial charge in [-0.15, -0.1) is 0 Å². The molecule has 2 aromatic rings. The summed E-state index contributed by atoms with van der Waals surface area (Å²) in [6, 6.07) is 3.43. The van der Waals surface area contributed by atoms with E-state index in [0.29, 0.717) is 30.4 Å². The van der Waals surface area contributed by atoms with Crippen LogP contribution >= 0.6 is 0 Å². The van der Waals surface area contributed by atoms with Gasteiger partial charge in [0, 0.05) is 37.3 Å². The third-order valence-electron chi connectivity index (χ3n) is 4.49. The summed E-state index contributed by atoms with van der Waals surface area (Å²) in [6.45, 7) is 1.22. The Bertz CT molecular complexity index is 712. The van der Waals surface area contributed by atoms with Crippen molar-refractivity contribution >= 4 is 11.6 Å². The number of methoxy groups -OCH3 is 1. The lowest BCUT2D eigenvalue weighted by atomic mass is 9.93. The molecule has 26 heavy (non-hydrogen) atoms. The topological polar surface area (TPSA) is 104 Å². The van der Waals surface area contributed by atoms with Crippen LogP contribution in [0.2, 0.25) is 0 Å². The van der Waals surface area contributed by atoms with Crippen molar-refractivity contribution in [3.63, 3.8) is 0 Å². The van der Waals surface area contributed by atoms with E-state index in [1.807, 2.05) is 0 Å². The van der Waals surface area contributed by atoms with Gasteiger partial charge in [-0.05, 0) is 31.7 Å². The number of pyridine rings is 1. The summed E-state index contributed by atoms with van der Waals surface area (Å²) in [5, 5.41) is 3.06. The summed E-state index contributed by atoms with van der Waals surface area (Å²) in [5.41, 5.74) is 6.73. The second kappa shape index (κ2) is 8.77. The van der Waals surface area contributed by atoms with Crippen LogP contribution in [0.4, 0.5) is 5.69 Å². The predicted octanol–water partition coefficient (Wildman–Crippen LogP) is 1.55. The van der Waals surface area contributed by atoms with E-state index in [-0.39, 0.29) is 18.1 Å². The molecule has 8 nitrogen and oxygen atoms in total. The molecule has 0 saturated heterocycles. The zero-order valence-corrected chi connectivity index (χ0v) is 14.9. The largest absolute Gasteiger partial charge is 0.399 e. The first kappa shape index (κ1) is 18.3. The molecule has 0 radical (unpaired) electrons. The molecular weight excluding hydrogens is 334 g/mol. The standard InChI is InChI=1S/C18H25N5O3/c1-25-8-9-26-15-4-2-14(3-5-15)21-18(24)16-10-13(19)11-17(22-16)23-7-6-20-12-23/h6-7,10-12,14-15H,2-5,8-9H2,1H3,(H2,19,22)(H,21,24)/t14-,15-. The monoisotopic (exact) mass is 359 g/mol. The van der Waals surface area contributed by atoms with Gasteiger partial charge >= 0.3 is 0 Å². The van der Waals surface area contributed by atoms with Crippen molar-refractivity contribution in [1.29, 1.82) is 0 Å². The Kier molecular flexibility index (Phi) is 6.19. The van der Waals surface area contributed by atoms with Crippen LogP contribution in [0.15, 0.2) is 30.9 Å². The third-order valence-corrected chi connectivity index (χ3v) is 4.49. The first-order valence-electron chi connectivity index (χ1n) is 8.83. The number of rotatable bonds is 7. The Labute approximate surface area is 152 Å². The Balaban J connectivity index is 1.56. The van der Waals surface area contributed by atoms with Crippen molar-refractivity contribution in [1.82, 2.24) is 19.9 Å². The number of anilines is 1. The van der Waals surface area contributed by atoms with E-state index in [1.54, 1.807) is 42.5 Å². The molecule has 0 atom stereocenters. The van der Waals surface area contributed by atoms with Gasteiger partial charge in [-0.1, -0.05) is 0 Å². The van der Waals surface area contributed by atoms with Crippen molar-refractivity contribution in [2.45, 2.75) is 37.8 Å². The van der Waals surface area contributed by atoms with Crippen molar-refractivity contribution in [3.05, 3.63) is 36.5 Å². The summed E-state index contributed by atoms with van der Waals surface area (Å²) >= 11 is 0. The SMILES string of the molecule is COCCO[C@H]1CC[C@H](NC(=O)c2cc(N)cc(-n3ccnc3)n2)CC1. The number of carbonyl (C=O) groups is 1. The number of carbonyl (C=O) groups excluding carboxylic acids is 1. The van der Waals surface area contributed by atoms with Gasteiger partial charge in [0.1, 0.15) is 17.8 Å². The molecule has 140 valence electrons. The van der Waals surface area contributed by atoms with Crippen molar-refractivity contribution in [2.24, 2.45) is 0 Å². The first-order valence-corrected chi connectivity index (χ1v) is 8.83. The van der Waals surface area contributed by atoms with Gasteiger partial charge in [-0.3, -0.25) is 9.36 Å². The number of nitrogens with zero attached hydrogens (tertiary/aromatic N) is 3. The molecule has 8 heteroatoms. The van der Waals surface area contributed by atoms with Crippen molar-refractivity contribution in [3.8, 4) is 5.82 Å². The molecule has 1 aliphatic carbocycles. The average Bonchev–Trinajstić information content (AvgIpc) is 3.18. The minimum absolute atomic E-state index is 0.129. The second-order valence-corrected chi connectivity index (χ2v) is 6.42. The normalized spacial score (nSPS) is 20.0. The zero-order valence-electron chi connectivity index (χ0n) is 14.9. The lowest BCUT2D eigenvalue weighted by molar-refractivity contribution is -0.00409. The highest BCUT2D eigenvalue weighted by Crippen LogP contribution is 2.22. The molecule has 0 spiro atoms. The van der Waals surface area contributed by atoms with E-state index < -0.39 is 0 Å². The average molecular weight is 359 g/mol. The number of imidazole rings is 1. The lowest BCUT2D eigenvalue weighted by Gasteiger charge is -2.29. The quantitative estimate of drug-likeness (QED) is 0.727. The third kappa shape index (κ3) is 4.80. The van der Waals surface area contributed by atoms with Gasteiger partial charge in [0.2, 0.25) is 0 Å². The number of hydrogen-bond acceptors (Lipinski definition) is 6. The Morgan fingerprint density at radius 2 is 2.12 bits per heavy atom. The molecular formula is C18H25N5O3. The van der Waals surface area contributed by atoms with Crippen LogP contribution in [0.5, 0.6) is 0 Å². The lowest BCUT2D eigenvalue weighted by Crippen LogP contribution is -2.39. The highest BCUT2D eigenvalue weighted by Gasteiger charge is 2.23. The van der Waals surface area contributed by atoms with Gasteiger partial charge < -0.3 is 20.5 Å². The molecule has 1 saturated carbocycles. The van der Waals surface area contributed by atoms with Crippen LogP contribution in [-0.4, -0.2) is 52.9 Å². The van der Waals surface area contributed by atoms with E-state index in [1.165, 1.54) is 0 Å². The van der Waals surface area contributed by atoms with E-state index >= 15 is 0 Å². The number of nitrogen functional groups attached to an aromatic ring is 1. The minimum Gasteiger partial charge on any atom is -0.399 e. The summed E-state index contributed by atoms with van der Waals surface area (Å²) in [6.07, 6.45) is 8.91. The molecule has 1 amide bonds. The smallest absolute Gasteiger partial charge is 0.270 e. The maximum Gasteiger partial charge on any atom is 0.270 e. The molecule has 0 aromatic carbocycles. The molecule has 0 unspecified atom stereocenters. The Morgan fingerprint density at radius 1 is 1.31 bits per heavy atom. The van der Waals surface area contributed by atoms with Gasteiger partial charge in [-0.2, -0.15) is 0 Å². The molecule has 0 aliphatic heterocycles. The number of hydrogen-bond donors (Lipinski definition) is 2. The summed E-state index contributed by atoms with van der Waals surface area (Å²) < 4.78 is 12.5. The maximum absolute atomic E-state index is 12.6. The number of aromatic nitrogens is 3. The Hall–Kier alpha value is -2.45. The molecule has 3 rings (SSSR count). The molecule has 1 fully saturated rings. The first-order chi connectivity index (χ1) is 12.7. The highest BCUT2D eigenvalue weighted by atomic mass is 16.5. The minimum atomic E-state index is -0.206. The van der Waals surface area contributed by atoms with E-state index in [0.717, 1.165) is 25.7 Å². The molecule has 1 aliphatic rings. The van der Waals surface area contributed by atoms with Crippen molar-refractivity contribution in [2.75, 3.05) is 26.1 Å². The number of amides is 1. The molecule has 0 bridgehead atoms. The van der Waals surface area contributed by atoms with Gasteiger partial charge in [0.15, 0.2) is 0 Å². The van der Waals surface area contributed by atoms with Crippen LogP contribution in [-0.2, 0) is 9.47 Å². The molecule has 3 N–H and O–H groups in total. The van der Waals surface area contributed by atoms with E-state index in [4.69, 9.17) is 15.2 Å². The van der Waals surface area contributed by atoms with E-state index in [9.17, 15) is 4.79 Å². The fraction of sp³-hybridized carbons (Fsp3) is 0.500. The highest BCUT2D eigenvalue weighted by molar-refractivity contribution is 5.93. The van der Waals surface area contributed by atoms with Crippen LogP contribution in [0.3, 0.4) is 0 Å². The fourth-order valence-corrected chi connectivity index (χ4v) is 3.11. The summed E-state index contributed by atoms with van der Waals surface area (Å²) in [7, 11) is 1.67. The summed E-state index contributed by atoms with van der Waals surface area (Å²) in [4.78, 5) is 21.0. The van der Waals surface area contributed by atoms with Gasteiger partial charge in [0.05, 0.1) is 19.3 Å². The van der Waals surface area contributed by atoms with Crippen LogP contribution < -0.4 is 11.1 Å². The van der Waals surface area contributed by atoms with Gasteiger partial charge in [-0.25, -0.2) is 9.97 Å². The number of ether oxygens (including phenoxy) is 2. The Morgan fingerprint density at radius 3 is 2.81 bits per heavy atom. The second-order valence-electron chi connectivity index (χ2n) is 6.42. The predicted molar refractivity (Wildman–Crippen MR) is 97.1 cm³/mol. The van der Waals surface area contributed by atoms with Crippen LogP contribution in [0.1, 0.15) is 36.2 Å². The fourth-order valence-electron chi connectivity index (χ4n) is 3.11. The van der Waals surface area contributed by atoms with E-state index in [2.05, 4.69) is 15.3 Å². The number of nitrogens with one attached hydrogen (secondary N) is 1. The van der Waals surface area contributed by atoms with Crippen molar-refractivity contribution < 1.29 is 14.3 Å². The molecule has 2 aromatic heterocycles. The zero-order chi connectivity index (χ0) is 18.4. The van der Waals surface area contributed by atoms with Crippen LogP contribution in [0.25, 0.3) is 5.82 Å². The summed E-state index contributed by atoms with van der Waals surface area (Å²) in [5.74, 6) is 0.366. The molecule has 2 heterocycles. The number of nitrogens with two attached hydrogens (primary N) is 1.